The highest BCUT2D eigenvalue weighted by Gasteiger charge is 2.00. The normalized spacial score (nSPS) is 10.1. The van der Waals surface area contributed by atoms with Gasteiger partial charge >= 0.3 is 0 Å². The Labute approximate surface area is 97.9 Å². The summed E-state index contributed by atoms with van der Waals surface area (Å²) >= 11 is 0. The zero-order chi connectivity index (χ0) is 11.8. The van der Waals surface area contributed by atoms with E-state index < -0.39 is 0 Å². The van der Waals surface area contributed by atoms with Gasteiger partial charge in [0.2, 0.25) is 0 Å². The molecular weight excluding hydrogens is 198 g/mol. The number of hydrogen-bond donors (Lipinski definition) is 3. The van der Waals surface area contributed by atoms with Crippen LogP contribution in [0.25, 0.3) is 6.08 Å². The second kappa shape index (κ2) is 7.04. The van der Waals surface area contributed by atoms with Crippen molar-refractivity contribution in [1.29, 1.82) is 0 Å². The Balaban J connectivity index is 2.72. The molecule has 0 aromatic heterocycles. The molecule has 1 aromatic carbocycles. The molecule has 1 aromatic rings. The molecule has 0 aliphatic rings. The van der Waals surface area contributed by atoms with Crippen LogP contribution in [0.3, 0.4) is 0 Å². The Morgan fingerprint density at radius 2 is 2.00 bits per heavy atom. The zero-order valence-electron chi connectivity index (χ0n) is 10.1. The maximum absolute atomic E-state index is 3.82. The SMILES string of the molecule is C=Cc1ccc(NCCNC)cc1CNC. The smallest absolute Gasteiger partial charge is 0.0344 e. The molecule has 0 amide bonds. The average molecular weight is 219 g/mol. The first kappa shape index (κ1) is 12.7. The van der Waals surface area contributed by atoms with E-state index in [9.17, 15) is 0 Å². The van der Waals surface area contributed by atoms with Gasteiger partial charge in [-0.05, 0) is 37.4 Å². The van der Waals surface area contributed by atoms with Crippen molar-refractivity contribution in [3.05, 3.63) is 35.9 Å². The van der Waals surface area contributed by atoms with Gasteiger partial charge in [-0.2, -0.15) is 0 Å². The van der Waals surface area contributed by atoms with Gasteiger partial charge in [-0.1, -0.05) is 18.7 Å². The second-order valence-electron chi connectivity index (χ2n) is 3.68. The van der Waals surface area contributed by atoms with Crippen molar-refractivity contribution in [3.63, 3.8) is 0 Å². The molecule has 0 bridgehead atoms. The maximum atomic E-state index is 3.82. The molecule has 0 unspecified atom stereocenters. The minimum atomic E-state index is 0.864. The van der Waals surface area contributed by atoms with Crippen LogP contribution in [0.1, 0.15) is 11.1 Å². The van der Waals surface area contributed by atoms with E-state index in [1.54, 1.807) is 0 Å². The van der Waals surface area contributed by atoms with Crippen molar-refractivity contribution in [2.75, 3.05) is 32.5 Å². The van der Waals surface area contributed by atoms with E-state index in [2.05, 4.69) is 40.7 Å². The summed E-state index contributed by atoms with van der Waals surface area (Å²) in [7, 11) is 3.91. The predicted molar refractivity (Wildman–Crippen MR) is 71.7 cm³/mol. The van der Waals surface area contributed by atoms with E-state index in [1.807, 2.05) is 20.2 Å². The van der Waals surface area contributed by atoms with E-state index >= 15 is 0 Å². The Hall–Kier alpha value is -1.32. The second-order valence-corrected chi connectivity index (χ2v) is 3.68. The van der Waals surface area contributed by atoms with Crippen LogP contribution >= 0.6 is 0 Å². The van der Waals surface area contributed by atoms with Crippen LogP contribution in [0.2, 0.25) is 0 Å². The van der Waals surface area contributed by atoms with E-state index in [0.29, 0.717) is 0 Å². The number of likely N-dealkylation sites (N-methyl/N-ethyl adjacent to an activating group) is 1. The first-order valence-electron chi connectivity index (χ1n) is 5.60. The monoisotopic (exact) mass is 219 g/mol. The highest BCUT2D eigenvalue weighted by Crippen LogP contribution is 2.16. The van der Waals surface area contributed by atoms with E-state index in [-0.39, 0.29) is 0 Å². The van der Waals surface area contributed by atoms with Gasteiger partial charge in [0.05, 0.1) is 0 Å². The molecule has 0 aliphatic carbocycles. The first-order valence-corrected chi connectivity index (χ1v) is 5.60. The standard InChI is InChI=1S/C13H21N3/c1-4-11-5-6-13(16-8-7-14-2)9-12(11)10-15-3/h4-6,9,14-16H,1,7-8,10H2,2-3H3. The van der Waals surface area contributed by atoms with Crippen LogP contribution in [0, 0.1) is 0 Å². The highest BCUT2D eigenvalue weighted by atomic mass is 14.9. The van der Waals surface area contributed by atoms with Crippen LogP contribution in [-0.4, -0.2) is 27.2 Å². The van der Waals surface area contributed by atoms with Gasteiger partial charge < -0.3 is 16.0 Å². The molecule has 3 N–H and O–H groups in total. The lowest BCUT2D eigenvalue weighted by molar-refractivity contribution is 0.813. The van der Waals surface area contributed by atoms with Gasteiger partial charge in [0.25, 0.3) is 0 Å². The van der Waals surface area contributed by atoms with Crippen LogP contribution in [0.5, 0.6) is 0 Å². The Morgan fingerprint density at radius 3 is 2.62 bits per heavy atom. The summed E-state index contributed by atoms with van der Waals surface area (Å²) in [6.45, 7) is 6.58. The minimum Gasteiger partial charge on any atom is -0.384 e. The van der Waals surface area contributed by atoms with Crippen molar-refractivity contribution < 1.29 is 0 Å². The van der Waals surface area contributed by atoms with Gasteiger partial charge in [0.1, 0.15) is 0 Å². The molecule has 3 heteroatoms. The molecule has 3 nitrogen and oxygen atoms in total. The summed E-state index contributed by atoms with van der Waals surface area (Å²) < 4.78 is 0. The van der Waals surface area contributed by atoms with Gasteiger partial charge in [-0.15, -0.1) is 0 Å². The summed E-state index contributed by atoms with van der Waals surface area (Å²) in [6.07, 6.45) is 1.89. The summed E-state index contributed by atoms with van der Waals surface area (Å²) in [5.41, 5.74) is 3.62. The van der Waals surface area contributed by atoms with Gasteiger partial charge in [-0.25, -0.2) is 0 Å². The lowest BCUT2D eigenvalue weighted by atomic mass is 10.1. The molecule has 0 spiro atoms. The van der Waals surface area contributed by atoms with Crippen molar-refractivity contribution in [2.45, 2.75) is 6.54 Å². The van der Waals surface area contributed by atoms with Crippen LogP contribution in [-0.2, 0) is 6.54 Å². The molecule has 0 saturated carbocycles. The number of nitrogens with one attached hydrogen (secondary N) is 3. The lowest BCUT2D eigenvalue weighted by Crippen LogP contribution is -2.18. The Morgan fingerprint density at radius 1 is 1.19 bits per heavy atom. The highest BCUT2D eigenvalue weighted by molar-refractivity contribution is 5.58. The number of hydrogen-bond acceptors (Lipinski definition) is 3. The largest absolute Gasteiger partial charge is 0.384 e. The summed E-state index contributed by atoms with van der Waals surface area (Å²) in [4.78, 5) is 0. The van der Waals surface area contributed by atoms with Gasteiger partial charge in [0.15, 0.2) is 0 Å². The van der Waals surface area contributed by atoms with Gasteiger partial charge in [-0.3, -0.25) is 0 Å². The summed E-state index contributed by atoms with van der Waals surface area (Å²) in [6, 6.07) is 6.36. The third-order valence-corrected chi connectivity index (χ3v) is 2.43. The van der Waals surface area contributed by atoms with Gasteiger partial charge in [0, 0.05) is 25.3 Å². The summed E-state index contributed by atoms with van der Waals surface area (Å²) in [5, 5.41) is 9.65. The molecule has 0 atom stereocenters. The molecular formula is C13H21N3. The quantitative estimate of drug-likeness (QED) is 0.611. The molecule has 0 saturated heterocycles. The van der Waals surface area contributed by atoms with E-state index in [4.69, 9.17) is 0 Å². The van der Waals surface area contributed by atoms with E-state index in [1.165, 1.54) is 11.1 Å². The molecule has 1 rings (SSSR count). The fraction of sp³-hybridized carbons (Fsp3) is 0.385. The van der Waals surface area contributed by atoms with Crippen LogP contribution in [0.4, 0.5) is 5.69 Å². The van der Waals surface area contributed by atoms with E-state index in [0.717, 1.165) is 25.3 Å². The predicted octanol–water partition coefficient (Wildman–Crippen LogP) is 1.68. The maximum Gasteiger partial charge on any atom is 0.0344 e. The third-order valence-electron chi connectivity index (χ3n) is 2.43. The van der Waals surface area contributed by atoms with Crippen LogP contribution < -0.4 is 16.0 Å². The molecule has 0 fully saturated rings. The molecule has 0 radical (unpaired) electrons. The van der Waals surface area contributed by atoms with Crippen LogP contribution in [0.15, 0.2) is 24.8 Å². The van der Waals surface area contributed by atoms with Crippen molar-refractivity contribution in [2.24, 2.45) is 0 Å². The minimum absolute atomic E-state index is 0.864. The molecule has 0 heterocycles. The summed E-state index contributed by atoms with van der Waals surface area (Å²) in [5.74, 6) is 0. The number of anilines is 1. The number of rotatable bonds is 7. The average Bonchev–Trinajstić information content (AvgIpc) is 2.30. The molecule has 0 aliphatic heterocycles. The van der Waals surface area contributed by atoms with Crippen molar-refractivity contribution >= 4 is 11.8 Å². The zero-order valence-corrected chi connectivity index (χ0v) is 10.1. The van der Waals surface area contributed by atoms with Crippen molar-refractivity contribution in [3.8, 4) is 0 Å². The fourth-order valence-corrected chi connectivity index (χ4v) is 1.59. The fourth-order valence-electron chi connectivity index (χ4n) is 1.59. The first-order chi connectivity index (χ1) is 7.81. The molecule has 88 valence electrons. The Kier molecular flexibility index (Phi) is 5.61. The van der Waals surface area contributed by atoms with Crippen molar-refractivity contribution in [1.82, 2.24) is 10.6 Å². The topological polar surface area (TPSA) is 36.1 Å². The third kappa shape index (κ3) is 3.68. The Bertz CT molecular complexity index is 334. The number of benzene rings is 1. The lowest BCUT2D eigenvalue weighted by Gasteiger charge is -2.10. The molecule has 16 heavy (non-hydrogen) atoms.